The molecule has 2 fully saturated rings. The van der Waals surface area contributed by atoms with E-state index in [4.69, 9.17) is 15.6 Å². The average Bonchev–Trinajstić information content (AvgIpc) is 3.39. The number of nitrogens with two attached hydrogens (primary N) is 1. The zero-order chi connectivity index (χ0) is 17.9. The van der Waals surface area contributed by atoms with Gasteiger partial charge in [0.25, 0.3) is 5.91 Å². The lowest BCUT2D eigenvalue weighted by atomic mass is 9.95. The summed E-state index contributed by atoms with van der Waals surface area (Å²) in [6.45, 7) is 3.95. The van der Waals surface area contributed by atoms with Crippen molar-refractivity contribution in [2.75, 3.05) is 37.6 Å². The molecule has 1 aromatic heterocycles. The Balaban J connectivity index is 1.35. The quantitative estimate of drug-likeness (QED) is 0.858. The number of amides is 1. The van der Waals surface area contributed by atoms with Crippen LogP contribution in [-0.2, 0) is 9.63 Å². The molecule has 0 aromatic carbocycles. The number of aromatic nitrogens is 2. The molecular weight excluding hydrogens is 332 g/mol. The molecule has 0 saturated carbocycles. The van der Waals surface area contributed by atoms with Crippen LogP contribution in [0.5, 0.6) is 0 Å². The average molecular weight is 358 g/mol. The molecule has 4 rings (SSSR count). The van der Waals surface area contributed by atoms with Gasteiger partial charge in [0.15, 0.2) is 0 Å². The SMILES string of the molecule is NCC1CC(C(=O)N2CCC(c3nccc(N4CCCC4)n3)CC2)=NO1. The van der Waals surface area contributed by atoms with Crippen LogP contribution in [0.15, 0.2) is 17.4 Å². The zero-order valence-electron chi connectivity index (χ0n) is 15.0. The summed E-state index contributed by atoms with van der Waals surface area (Å²) in [7, 11) is 0. The fraction of sp³-hybridized carbons (Fsp3) is 0.667. The highest BCUT2D eigenvalue weighted by Crippen LogP contribution is 2.28. The third-order valence-electron chi connectivity index (χ3n) is 5.48. The number of carbonyl (C=O) groups excluding carboxylic acids is 1. The predicted molar refractivity (Wildman–Crippen MR) is 98.0 cm³/mol. The Morgan fingerprint density at radius 3 is 2.69 bits per heavy atom. The van der Waals surface area contributed by atoms with Gasteiger partial charge in [0.2, 0.25) is 0 Å². The van der Waals surface area contributed by atoms with Crippen molar-refractivity contribution in [3.05, 3.63) is 18.1 Å². The second-order valence-electron chi connectivity index (χ2n) is 7.24. The molecule has 2 N–H and O–H groups in total. The Hall–Kier alpha value is -2.22. The van der Waals surface area contributed by atoms with Gasteiger partial charge in [0.05, 0.1) is 0 Å². The number of likely N-dealkylation sites (tertiary alicyclic amines) is 1. The maximum Gasteiger partial charge on any atom is 0.271 e. The topological polar surface area (TPSA) is 96.9 Å². The van der Waals surface area contributed by atoms with Gasteiger partial charge in [-0.3, -0.25) is 4.79 Å². The van der Waals surface area contributed by atoms with Crippen molar-refractivity contribution in [2.24, 2.45) is 10.9 Å². The van der Waals surface area contributed by atoms with E-state index in [9.17, 15) is 4.79 Å². The van der Waals surface area contributed by atoms with E-state index in [0.29, 0.717) is 37.7 Å². The summed E-state index contributed by atoms with van der Waals surface area (Å²) in [4.78, 5) is 31.2. The van der Waals surface area contributed by atoms with Gasteiger partial charge in [0.1, 0.15) is 23.5 Å². The van der Waals surface area contributed by atoms with Gasteiger partial charge in [0, 0.05) is 51.3 Å². The molecular formula is C18H26N6O2. The van der Waals surface area contributed by atoms with E-state index in [1.54, 1.807) is 0 Å². The lowest BCUT2D eigenvalue weighted by Gasteiger charge is -2.31. The monoisotopic (exact) mass is 358 g/mol. The van der Waals surface area contributed by atoms with Crippen molar-refractivity contribution in [3.8, 4) is 0 Å². The molecule has 1 amide bonds. The summed E-state index contributed by atoms with van der Waals surface area (Å²) < 4.78 is 0. The molecule has 0 radical (unpaired) electrons. The van der Waals surface area contributed by atoms with Crippen LogP contribution in [0.2, 0.25) is 0 Å². The molecule has 26 heavy (non-hydrogen) atoms. The van der Waals surface area contributed by atoms with E-state index in [0.717, 1.165) is 37.6 Å². The van der Waals surface area contributed by atoms with E-state index in [2.05, 4.69) is 15.0 Å². The first kappa shape index (κ1) is 17.2. The highest BCUT2D eigenvalue weighted by atomic mass is 16.6. The van der Waals surface area contributed by atoms with Crippen molar-refractivity contribution < 1.29 is 9.63 Å². The molecule has 4 heterocycles. The first-order chi connectivity index (χ1) is 12.7. The van der Waals surface area contributed by atoms with E-state index in [1.165, 1.54) is 12.8 Å². The van der Waals surface area contributed by atoms with E-state index < -0.39 is 0 Å². The molecule has 2 saturated heterocycles. The van der Waals surface area contributed by atoms with Gasteiger partial charge in [-0.05, 0) is 31.7 Å². The number of piperidine rings is 1. The van der Waals surface area contributed by atoms with Crippen LogP contribution in [0.25, 0.3) is 0 Å². The molecule has 1 aromatic rings. The van der Waals surface area contributed by atoms with Crippen molar-refractivity contribution in [1.29, 1.82) is 0 Å². The van der Waals surface area contributed by atoms with Gasteiger partial charge in [-0.2, -0.15) is 0 Å². The second kappa shape index (κ2) is 7.57. The van der Waals surface area contributed by atoms with Crippen LogP contribution in [0.3, 0.4) is 0 Å². The highest BCUT2D eigenvalue weighted by molar-refractivity contribution is 6.39. The summed E-state index contributed by atoms with van der Waals surface area (Å²) in [5.74, 6) is 2.23. The Bertz CT molecular complexity index is 680. The Labute approximate surface area is 153 Å². The smallest absolute Gasteiger partial charge is 0.271 e. The van der Waals surface area contributed by atoms with Crippen LogP contribution in [0, 0.1) is 0 Å². The highest BCUT2D eigenvalue weighted by Gasteiger charge is 2.32. The molecule has 140 valence electrons. The lowest BCUT2D eigenvalue weighted by molar-refractivity contribution is -0.125. The van der Waals surface area contributed by atoms with E-state index >= 15 is 0 Å². The third kappa shape index (κ3) is 3.51. The molecule has 0 spiro atoms. The fourth-order valence-corrected chi connectivity index (χ4v) is 3.89. The molecule has 1 unspecified atom stereocenters. The molecule has 3 aliphatic heterocycles. The molecule has 0 aliphatic carbocycles. The van der Waals surface area contributed by atoms with Crippen LogP contribution >= 0.6 is 0 Å². The van der Waals surface area contributed by atoms with Crippen LogP contribution in [0.1, 0.15) is 43.8 Å². The number of nitrogens with zero attached hydrogens (tertiary/aromatic N) is 5. The summed E-state index contributed by atoms with van der Waals surface area (Å²) in [6, 6.07) is 2.00. The van der Waals surface area contributed by atoms with Gasteiger partial charge < -0.3 is 20.4 Å². The van der Waals surface area contributed by atoms with Crippen molar-refractivity contribution >= 4 is 17.4 Å². The number of anilines is 1. The number of rotatable bonds is 4. The zero-order valence-corrected chi connectivity index (χ0v) is 15.0. The molecule has 8 heteroatoms. The number of oxime groups is 1. The maximum absolute atomic E-state index is 12.6. The number of hydrogen-bond donors (Lipinski definition) is 1. The molecule has 8 nitrogen and oxygen atoms in total. The summed E-state index contributed by atoms with van der Waals surface area (Å²) in [5, 5.41) is 3.91. The third-order valence-corrected chi connectivity index (χ3v) is 5.48. The fourth-order valence-electron chi connectivity index (χ4n) is 3.89. The van der Waals surface area contributed by atoms with Crippen molar-refractivity contribution in [1.82, 2.24) is 14.9 Å². The largest absolute Gasteiger partial charge is 0.390 e. The van der Waals surface area contributed by atoms with Gasteiger partial charge in [-0.25, -0.2) is 9.97 Å². The van der Waals surface area contributed by atoms with Gasteiger partial charge >= 0.3 is 0 Å². The Morgan fingerprint density at radius 1 is 1.23 bits per heavy atom. The summed E-state index contributed by atoms with van der Waals surface area (Å²) in [6.07, 6.45) is 6.44. The van der Waals surface area contributed by atoms with Crippen molar-refractivity contribution in [2.45, 2.75) is 44.1 Å². The minimum absolute atomic E-state index is 0.0221. The summed E-state index contributed by atoms with van der Waals surface area (Å²) in [5.41, 5.74) is 6.07. The lowest BCUT2D eigenvalue weighted by Crippen LogP contribution is -2.42. The minimum atomic E-state index is -0.159. The normalized spacial score (nSPS) is 23.9. The molecule has 0 bridgehead atoms. The van der Waals surface area contributed by atoms with Crippen LogP contribution in [-0.4, -0.2) is 65.3 Å². The van der Waals surface area contributed by atoms with Crippen molar-refractivity contribution in [3.63, 3.8) is 0 Å². The van der Waals surface area contributed by atoms with Gasteiger partial charge in [-0.1, -0.05) is 5.16 Å². The second-order valence-corrected chi connectivity index (χ2v) is 7.24. The minimum Gasteiger partial charge on any atom is -0.390 e. The summed E-state index contributed by atoms with van der Waals surface area (Å²) >= 11 is 0. The van der Waals surface area contributed by atoms with E-state index in [-0.39, 0.29) is 12.0 Å². The number of hydrogen-bond acceptors (Lipinski definition) is 7. The predicted octanol–water partition coefficient (Wildman–Crippen LogP) is 0.886. The molecule has 1 atom stereocenters. The first-order valence-electron chi connectivity index (χ1n) is 9.54. The van der Waals surface area contributed by atoms with Crippen LogP contribution < -0.4 is 10.6 Å². The van der Waals surface area contributed by atoms with Gasteiger partial charge in [-0.15, -0.1) is 0 Å². The first-order valence-corrected chi connectivity index (χ1v) is 9.54. The maximum atomic E-state index is 12.6. The Kier molecular flexibility index (Phi) is 5.01. The number of carbonyl (C=O) groups is 1. The Morgan fingerprint density at radius 2 is 2.00 bits per heavy atom. The standard InChI is InChI=1S/C18H26N6O2/c19-12-14-11-15(22-26-14)18(25)24-9-4-13(5-10-24)17-20-6-3-16(21-17)23-7-1-2-8-23/h3,6,13-14H,1-2,4-5,7-12,19H2. The van der Waals surface area contributed by atoms with Crippen LogP contribution in [0.4, 0.5) is 5.82 Å². The van der Waals surface area contributed by atoms with E-state index in [1.807, 2.05) is 17.2 Å². The molecule has 3 aliphatic rings.